The van der Waals surface area contributed by atoms with Crippen molar-refractivity contribution in [1.82, 2.24) is 14.9 Å². The van der Waals surface area contributed by atoms with Crippen molar-refractivity contribution in [2.45, 2.75) is 53.6 Å². The maximum atomic E-state index is 12.1. The minimum atomic E-state index is 0.160. The number of nitrogens with one attached hydrogen (secondary N) is 1. The maximum absolute atomic E-state index is 12.1. The van der Waals surface area contributed by atoms with Gasteiger partial charge >= 0.3 is 0 Å². The summed E-state index contributed by atoms with van der Waals surface area (Å²) in [5.74, 6) is 1.29. The van der Waals surface area contributed by atoms with E-state index >= 15 is 0 Å². The van der Waals surface area contributed by atoms with Crippen LogP contribution in [0.25, 0.3) is 11.0 Å². The maximum Gasteiger partial charge on any atom is 0.223 e. The number of aryl methyl sites for hydroxylation is 2. The molecule has 1 heterocycles. The first-order valence-corrected chi connectivity index (χ1v) is 9.74. The van der Waals surface area contributed by atoms with Crippen LogP contribution in [0.3, 0.4) is 0 Å². The van der Waals surface area contributed by atoms with E-state index in [1.807, 2.05) is 18.2 Å². The van der Waals surface area contributed by atoms with E-state index in [-0.39, 0.29) is 11.8 Å². The number of nitrogens with zero attached hydrogens (tertiary/aromatic N) is 2. The first kappa shape index (κ1) is 17.8. The van der Waals surface area contributed by atoms with Crippen molar-refractivity contribution in [3.8, 4) is 0 Å². The second kappa shape index (κ2) is 6.84. The Morgan fingerprint density at radius 1 is 1.11 bits per heavy atom. The molecule has 0 unspecified atom stereocenters. The normalized spacial score (nSPS) is 13.9. The Bertz CT molecular complexity index is 1000. The molecule has 0 aliphatic heterocycles. The number of carbonyl (C=O) groups excluding carboxylic acids is 1. The van der Waals surface area contributed by atoms with E-state index in [9.17, 15) is 4.79 Å². The van der Waals surface area contributed by atoms with Gasteiger partial charge in [-0.1, -0.05) is 18.2 Å². The number of imidazole rings is 1. The predicted octanol–water partition coefficient (Wildman–Crippen LogP) is 4.34. The Kier molecular flexibility index (Phi) is 4.50. The Morgan fingerprint density at radius 3 is 2.44 bits per heavy atom. The first-order chi connectivity index (χ1) is 13.0. The lowest BCUT2D eigenvalue weighted by atomic mass is 9.94. The van der Waals surface area contributed by atoms with E-state index in [1.54, 1.807) is 0 Å². The third-order valence-electron chi connectivity index (χ3n) is 5.94. The summed E-state index contributed by atoms with van der Waals surface area (Å²) in [7, 11) is 0. The zero-order chi connectivity index (χ0) is 19.1. The molecule has 1 N–H and O–H groups in total. The summed E-state index contributed by atoms with van der Waals surface area (Å²) in [5, 5.41) is 3.08. The fourth-order valence-electron chi connectivity index (χ4n) is 3.79. The second-order valence-electron chi connectivity index (χ2n) is 7.83. The molecule has 3 aromatic rings. The van der Waals surface area contributed by atoms with Crippen molar-refractivity contribution < 1.29 is 4.79 Å². The average Bonchev–Trinajstić information content (AvgIpc) is 3.45. The standard InChI is InChI=1S/C23H27N3O/c1-14-11-15(2)17(4)19(16(14)3)13-26-21-8-6-5-7-20(21)25-22(26)12-24-23(27)18-9-10-18/h5-8,11,18H,9-10,12-13H2,1-4H3,(H,24,27). The molecule has 27 heavy (non-hydrogen) atoms. The van der Waals surface area contributed by atoms with Crippen molar-refractivity contribution >= 4 is 16.9 Å². The lowest BCUT2D eigenvalue weighted by Gasteiger charge is -2.18. The number of aromatic nitrogens is 2. The number of amides is 1. The molecule has 1 aliphatic rings. The van der Waals surface area contributed by atoms with Crippen LogP contribution in [0, 0.1) is 33.6 Å². The van der Waals surface area contributed by atoms with Gasteiger partial charge in [-0.2, -0.15) is 0 Å². The summed E-state index contributed by atoms with van der Waals surface area (Å²) in [6, 6.07) is 10.5. The summed E-state index contributed by atoms with van der Waals surface area (Å²) in [6.07, 6.45) is 2.03. The van der Waals surface area contributed by atoms with Crippen LogP contribution in [-0.2, 0) is 17.9 Å². The fourth-order valence-corrected chi connectivity index (χ4v) is 3.79. The van der Waals surface area contributed by atoms with Gasteiger partial charge < -0.3 is 9.88 Å². The minimum absolute atomic E-state index is 0.160. The third kappa shape index (κ3) is 3.36. The minimum Gasteiger partial charge on any atom is -0.349 e. The Labute approximate surface area is 160 Å². The number of hydrogen-bond donors (Lipinski definition) is 1. The highest BCUT2D eigenvalue weighted by atomic mass is 16.2. The average molecular weight is 361 g/mol. The molecule has 1 fully saturated rings. The number of hydrogen-bond acceptors (Lipinski definition) is 2. The molecule has 0 bridgehead atoms. The van der Waals surface area contributed by atoms with Crippen LogP contribution >= 0.6 is 0 Å². The van der Waals surface area contributed by atoms with Gasteiger partial charge in [-0.25, -0.2) is 4.98 Å². The Balaban J connectivity index is 1.74. The van der Waals surface area contributed by atoms with Crippen molar-refractivity contribution in [2.24, 2.45) is 5.92 Å². The summed E-state index contributed by atoms with van der Waals surface area (Å²) < 4.78 is 2.26. The molecular formula is C23H27N3O. The van der Waals surface area contributed by atoms with Crippen molar-refractivity contribution in [1.29, 1.82) is 0 Å². The van der Waals surface area contributed by atoms with Gasteiger partial charge in [0.1, 0.15) is 5.82 Å². The molecule has 4 heteroatoms. The first-order valence-electron chi connectivity index (χ1n) is 9.74. The largest absolute Gasteiger partial charge is 0.349 e. The Morgan fingerprint density at radius 2 is 1.78 bits per heavy atom. The molecule has 1 aromatic heterocycles. The van der Waals surface area contributed by atoms with Crippen LogP contribution in [-0.4, -0.2) is 15.5 Å². The summed E-state index contributed by atoms with van der Waals surface area (Å²) in [6.45, 7) is 10.00. The van der Waals surface area contributed by atoms with Gasteiger partial charge in [0.2, 0.25) is 5.91 Å². The molecule has 4 nitrogen and oxygen atoms in total. The molecule has 1 aliphatic carbocycles. The van der Waals surface area contributed by atoms with E-state index in [0.717, 1.165) is 36.2 Å². The highest BCUT2D eigenvalue weighted by Gasteiger charge is 2.29. The van der Waals surface area contributed by atoms with Crippen molar-refractivity contribution in [2.75, 3.05) is 0 Å². The third-order valence-corrected chi connectivity index (χ3v) is 5.94. The summed E-state index contributed by atoms with van der Waals surface area (Å²) >= 11 is 0. The van der Waals surface area contributed by atoms with Gasteiger partial charge in [-0.3, -0.25) is 4.79 Å². The van der Waals surface area contributed by atoms with Gasteiger partial charge in [-0.15, -0.1) is 0 Å². The van der Waals surface area contributed by atoms with Crippen LogP contribution in [0.2, 0.25) is 0 Å². The molecule has 0 atom stereocenters. The molecule has 140 valence electrons. The molecule has 4 rings (SSSR count). The quantitative estimate of drug-likeness (QED) is 0.735. The van der Waals surface area contributed by atoms with Crippen molar-refractivity contribution in [3.63, 3.8) is 0 Å². The number of carbonyl (C=O) groups is 1. The highest BCUT2D eigenvalue weighted by molar-refractivity contribution is 5.81. The van der Waals surface area contributed by atoms with Crippen LogP contribution in [0.15, 0.2) is 30.3 Å². The van der Waals surface area contributed by atoms with Crippen LogP contribution in [0.1, 0.15) is 46.5 Å². The predicted molar refractivity (Wildman–Crippen MR) is 109 cm³/mol. The molecular weight excluding hydrogens is 334 g/mol. The smallest absolute Gasteiger partial charge is 0.223 e. The van der Waals surface area contributed by atoms with Gasteiger partial charge in [0, 0.05) is 12.5 Å². The number of para-hydroxylation sites is 2. The van der Waals surface area contributed by atoms with Crippen LogP contribution < -0.4 is 5.32 Å². The summed E-state index contributed by atoms with van der Waals surface area (Å²) in [4.78, 5) is 16.9. The lowest BCUT2D eigenvalue weighted by molar-refractivity contribution is -0.122. The van der Waals surface area contributed by atoms with Gasteiger partial charge in [0.05, 0.1) is 17.6 Å². The number of rotatable bonds is 5. The van der Waals surface area contributed by atoms with E-state index in [4.69, 9.17) is 4.98 Å². The molecule has 1 amide bonds. The number of benzene rings is 2. The molecule has 0 spiro atoms. The van der Waals surface area contributed by atoms with E-state index in [2.05, 4.69) is 49.7 Å². The Hall–Kier alpha value is -2.62. The molecule has 2 aromatic carbocycles. The van der Waals surface area contributed by atoms with E-state index in [0.29, 0.717) is 6.54 Å². The fraction of sp³-hybridized carbons (Fsp3) is 0.391. The lowest BCUT2D eigenvalue weighted by Crippen LogP contribution is -2.26. The zero-order valence-corrected chi connectivity index (χ0v) is 16.6. The zero-order valence-electron chi connectivity index (χ0n) is 16.6. The van der Waals surface area contributed by atoms with Crippen LogP contribution in [0.5, 0.6) is 0 Å². The van der Waals surface area contributed by atoms with E-state index < -0.39 is 0 Å². The molecule has 0 saturated heterocycles. The van der Waals surface area contributed by atoms with Crippen LogP contribution in [0.4, 0.5) is 0 Å². The molecule has 1 saturated carbocycles. The highest BCUT2D eigenvalue weighted by Crippen LogP contribution is 2.29. The SMILES string of the molecule is Cc1cc(C)c(C)c(Cn2c(CNC(=O)C3CC3)nc3ccccc32)c1C. The van der Waals surface area contributed by atoms with Gasteiger partial charge in [-0.05, 0) is 80.5 Å². The molecule has 0 radical (unpaired) electrons. The topological polar surface area (TPSA) is 46.9 Å². The number of fused-ring (bicyclic) bond motifs is 1. The second-order valence-corrected chi connectivity index (χ2v) is 7.83. The van der Waals surface area contributed by atoms with Gasteiger partial charge in [0.15, 0.2) is 0 Å². The van der Waals surface area contributed by atoms with Crippen molar-refractivity contribution in [3.05, 3.63) is 64.0 Å². The summed E-state index contributed by atoms with van der Waals surface area (Å²) in [5.41, 5.74) is 8.76. The van der Waals surface area contributed by atoms with E-state index in [1.165, 1.54) is 27.8 Å². The van der Waals surface area contributed by atoms with Gasteiger partial charge in [0.25, 0.3) is 0 Å². The monoisotopic (exact) mass is 361 g/mol.